The van der Waals surface area contributed by atoms with Crippen LogP contribution >= 0.6 is 0 Å². The smallest absolute Gasteiger partial charge is 0.271 e. The molecule has 2 aromatic rings. The second-order valence-corrected chi connectivity index (χ2v) is 5.25. The van der Waals surface area contributed by atoms with Gasteiger partial charge in [0.2, 0.25) is 0 Å². The lowest BCUT2D eigenvalue weighted by atomic mass is 10.1. The molecular weight excluding hydrogens is 276 g/mol. The average molecular weight is 296 g/mol. The maximum absolute atomic E-state index is 12.0. The summed E-state index contributed by atoms with van der Waals surface area (Å²) in [4.78, 5) is 12.0. The number of hydrogen-bond acceptors (Lipinski definition) is 3. The third-order valence-electron chi connectivity index (χ3n) is 3.05. The van der Waals surface area contributed by atoms with Gasteiger partial charge in [0.1, 0.15) is 5.75 Å². The van der Waals surface area contributed by atoms with E-state index in [0.29, 0.717) is 5.56 Å². The van der Waals surface area contributed by atoms with Gasteiger partial charge in [0.15, 0.2) is 0 Å². The first-order chi connectivity index (χ1) is 10.6. The van der Waals surface area contributed by atoms with Crippen LogP contribution in [0.5, 0.6) is 5.75 Å². The molecular formula is C18H20N2O2. The number of aryl methyl sites for hydroxylation is 1. The fourth-order valence-electron chi connectivity index (χ4n) is 1.91. The van der Waals surface area contributed by atoms with Gasteiger partial charge < -0.3 is 4.74 Å². The second kappa shape index (κ2) is 7.41. The minimum Gasteiger partial charge on any atom is -0.491 e. The molecule has 114 valence electrons. The van der Waals surface area contributed by atoms with Crippen molar-refractivity contribution in [2.45, 2.75) is 26.9 Å². The van der Waals surface area contributed by atoms with Crippen LogP contribution < -0.4 is 10.2 Å². The molecule has 2 aromatic carbocycles. The van der Waals surface area contributed by atoms with Crippen LogP contribution in [0.15, 0.2) is 53.6 Å². The molecule has 4 heteroatoms. The van der Waals surface area contributed by atoms with Crippen molar-refractivity contribution in [1.82, 2.24) is 5.43 Å². The predicted molar refractivity (Wildman–Crippen MR) is 88.4 cm³/mol. The fourth-order valence-corrected chi connectivity index (χ4v) is 1.91. The van der Waals surface area contributed by atoms with E-state index in [1.807, 2.05) is 45.0 Å². The van der Waals surface area contributed by atoms with Gasteiger partial charge in [-0.1, -0.05) is 24.3 Å². The highest BCUT2D eigenvalue weighted by Crippen LogP contribution is 2.13. The summed E-state index contributed by atoms with van der Waals surface area (Å²) in [6.45, 7) is 5.92. The number of rotatable bonds is 5. The van der Waals surface area contributed by atoms with Crippen molar-refractivity contribution in [2.24, 2.45) is 5.10 Å². The predicted octanol–water partition coefficient (Wildman–Crippen LogP) is 3.55. The molecule has 0 fully saturated rings. The molecule has 0 aliphatic rings. The van der Waals surface area contributed by atoms with Crippen LogP contribution in [0.2, 0.25) is 0 Å². The lowest BCUT2D eigenvalue weighted by Gasteiger charge is -2.09. The molecule has 0 aromatic heterocycles. The van der Waals surface area contributed by atoms with Crippen LogP contribution in [0.3, 0.4) is 0 Å². The standard InChI is InChI=1S/C18H20N2O2/c1-13(2)22-17-10-8-15(9-11-17)18(21)20-19-12-16-7-5-4-6-14(16)3/h4-13H,1-3H3,(H,20,21)/b19-12-. The summed E-state index contributed by atoms with van der Waals surface area (Å²) in [6, 6.07) is 14.8. The lowest BCUT2D eigenvalue weighted by Crippen LogP contribution is -2.17. The highest BCUT2D eigenvalue weighted by molar-refractivity contribution is 5.95. The van der Waals surface area contributed by atoms with Gasteiger partial charge in [-0.15, -0.1) is 0 Å². The van der Waals surface area contributed by atoms with Gasteiger partial charge in [0.05, 0.1) is 12.3 Å². The molecule has 2 rings (SSSR count). The first kappa shape index (κ1) is 15.8. The van der Waals surface area contributed by atoms with Gasteiger partial charge >= 0.3 is 0 Å². The minimum atomic E-state index is -0.249. The zero-order valence-corrected chi connectivity index (χ0v) is 13.0. The van der Waals surface area contributed by atoms with Gasteiger partial charge in [0.25, 0.3) is 5.91 Å². The Morgan fingerprint density at radius 2 is 1.82 bits per heavy atom. The Kier molecular flexibility index (Phi) is 5.31. The molecule has 4 nitrogen and oxygen atoms in total. The summed E-state index contributed by atoms with van der Waals surface area (Å²) in [5.74, 6) is 0.496. The number of hydrogen-bond donors (Lipinski definition) is 1. The quantitative estimate of drug-likeness (QED) is 0.677. The molecule has 0 heterocycles. The molecule has 0 radical (unpaired) electrons. The Labute approximate surface area is 130 Å². The van der Waals surface area contributed by atoms with E-state index in [0.717, 1.165) is 16.9 Å². The molecule has 1 N–H and O–H groups in total. The summed E-state index contributed by atoms with van der Waals surface area (Å²) in [5, 5.41) is 3.99. The van der Waals surface area contributed by atoms with Crippen LogP contribution in [0.25, 0.3) is 0 Å². The number of benzene rings is 2. The monoisotopic (exact) mass is 296 g/mol. The Balaban J connectivity index is 1.96. The van der Waals surface area contributed by atoms with Gasteiger partial charge in [-0.25, -0.2) is 5.43 Å². The summed E-state index contributed by atoms with van der Waals surface area (Å²) < 4.78 is 5.54. The number of hydrazone groups is 1. The van der Waals surface area contributed by atoms with Crippen molar-refractivity contribution in [3.8, 4) is 5.75 Å². The van der Waals surface area contributed by atoms with Crippen LogP contribution in [-0.2, 0) is 0 Å². The van der Waals surface area contributed by atoms with E-state index < -0.39 is 0 Å². The van der Waals surface area contributed by atoms with Gasteiger partial charge in [-0.2, -0.15) is 5.10 Å². The highest BCUT2D eigenvalue weighted by atomic mass is 16.5. The van der Waals surface area contributed by atoms with Crippen molar-refractivity contribution in [3.63, 3.8) is 0 Å². The van der Waals surface area contributed by atoms with Crippen LogP contribution in [-0.4, -0.2) is 18.2 Å². The second-order valence-electron chi connectivity index (χ2n) is 5.25. The Hall–Kier alpha value is -2.62. The maximum Gasteiger partial charge on any atom is 0.271 e. The lowest BCUT2D eigenvalue weighted by molar-refractivity contribution is 0.0955. The van der Waals surface area contributed by atoms with E-state index in [1.165, 1.54) is 0 Å². The minimum absolute atomic E-state index is 0.110. The van der Waals surface area contributed by atoms with E-state index in [-0.39, 0.29) is 12.0 Å². The van der Waals surface area contributed by atoms with E-state index in [4.69, 9.17) is 4.74 Å². The largest absolute Gasteiger partial charge is 0.491 e. The summed E-state index contributed by atoms with van der Waals surface area (Å²) in [5.41, 5.74) is 5.15. The zero-order chi connectivity index (χ0) is 15.9. The average Bonchev–Trinajstić information content (AvgIpc) is 2.49. The number of carbonyl (C=O) groups excluding carboxylic acids is 1. The molecule has 0 atom stereocenters. The Morgan fingerprint density at radius 1 is 1.14 bits per heavy atom. The van der Waals surface area contributed by atoms with Crippen LogP contribution in [0, 0.1) is 6.92 Å². The maximum atomic E-state index is 12.0. The molecule has 0 aliphatic heterocycles. The van der Waals surface area contributed by atoms with E-state index in [1.54, 1.807) is 30.5 Å². The molecule has 0 spiro atoms. The van der Waals surface area contributed by atoms with Crippen molar-refractivity contribution in [2.75, 3.05) is 0 Å². The third kappa shape index (κ3) is 4.45. The zero-order valence-electron chi connectivity index (χ0n) is 13.0. The molecule has 0 unspecified atom stereocenters. The van der Waals surface area contributed by atoms with E-state index in [2.05, 4.69) is 10.5 Å². The molecule has 22 heavy (non-hydrogen) atoms. The summed E-state index contributed by atoms with van der Waals surface area (Å²) in [7, 11) is 0. The third-order valence-corrected chi connectivity index (χ3v) is 3.05. The molecule has 0 saturated heterocycles. The van der Waals surface area contributed by atoms with Crippen molar-refractivity contribution in [1.29, 1.82) is 0 Å². The highest BCUT2D eigenvalue weighted by Gasteiger charge is 2.05. The van der Waals surface area contributed by atoms with E-state index in [9.17, 15) is 4.79 Å². The fraction of sp³-hybridized carbons (Fsp3) is 0.222. The van der Waals surface area contributed by atoms with Gasteiger partial charge in [-0.3, -0.25) is 4.79 Å². The molecule has 1 amide bonds. The summed E-state index contributed by atoms with van der Waals surface area (Å²) in [6.07, 6.45) is 1.75. The van der Waals surface area contributed by atoms with Crippen molar-refractivity contribution in [3.05, 3.63) is 65.2 Å². The number of carbonyl (C=O) groups is 1. The SMILES string of the molecule is Cc1ccccc1/C=N\NC(=O)c1ccc(OC(C)C)cc1. The Bertz CT molecular complexity index is 661. The van der Waals surface area contributed by atoms with Crippen molar-refractivity contribution >= 4 is 12.1 Å². The number of ether oxygens (including phenoxy) is 1. The number of nitrogens with zero attached hydrogens (tertiary/aromatic N) is 1. The summed E-state index contributed by atoms with van der Waals surface area (Å²) >= 11 is 0. The van der Waals surface area contributed by atoms with Gasteiger partial charge in [-0.05, 0) is 56.2 Å². The van der Waals surface area contributed by atoms with E-state index >= 15 is 0 Å². The molecule has 0 aliphatic carbocycles. The molecule has 0 bridgehead atoms. The normalized spacial score (nSPS) is 10.9. The Morgan fingerprint density at radius 3 is 2.45 bits per heavy atom. The molecule has 0 saturated carbocycles. The first-order valence-electron chi connectivity index (χ1n) is 7.22. The van der Waals surface area contributed by atoms with Crippen LogP contribution in [0.4, 0.5) is 0 Å². The van der Waals surface area contributed by atoms with Crippen molar-refractivity contribution < 1.29 is 9.53 Å². The first-order valence-corrected chi connectivity index (χ1v) is 7.22. The number of nitrogens with one attached hydrogen (secondary N) is 1. The van der Waals surface area contributed by atoms with Gasteiger partial charge in [0, 0.05) is 5.56 Å². The van der Waals surface area contributed by atoms with Crippen LogP contribution in [0.1, 0.15) is 35.3 Å². The topological polar surface area (TPSA) is 50.7 Å². The number of amides is 1.